The number of nitrogens with zero attached hydrogens (tertiary/aromatic N) is 4. The lowest BCUT2D eigenvalue weighted by molar-refractivity contribution is 0.0936. The lowest BCUT2D eigenvalue weighted by atomic mass is 9.97. The normalized spacial score (nSPS) is 22.2. The molecule has 0 bridgehead atoms. The number of thioether (sulfide) groups is 1. The number of ether oxygens (including phenoxy) is 1. The molecule has 2 fully saturated rings. The van der Waals surface area contributed by atoms with Crippen molar-refractivity contribution in [1.82, 2.24) is 25.1 Å². The zero-order valence-corrected chi connectivity index (χ0v) is 15.3. The van der Waals surface area contributed by atoms with Gasteiger partial charge in [-0.05, 0) is 38.8 Å². The lowest BCUT2D eigenvalue weighted by Gasteiger charge is -2.23. The highest BCUT2D eigenvalue weighted by Crippen LogP contribution is 2.30. The summed E-state index contributed by atoms with van der Waals surface area (Å²) < 4.78 is 8.20. The van der Waals surface area contributed by atoms with Gasteiger partial charge in [0, 0.05) is 29.4 Å². The first-order valence-electron chi connectivity index (χ1n) is 8.66. The smallest absolute Gasteiger partial charge is 0.191 e. The summed E-state index contributed by atoms with van der Waals surface area (Å²) in [5.74, 6) is 2.57. The molecule has 130 valence electrons. The minimum Gasteiger partial charge on any atom is -0.376 e. The van der Waals surface area contributed by atoms with Crippen molar-refractivity contribution in [1.29, 1.82) is 0 Å². The molecule has 4 heterocycles. The second-order valence-corrected chi connectivity index (χ2v) is 8.28. The van der Waals surface area contributed by atoms with E-state index in [1.807, 2.05) is 11.7 Å². The van der Waals surface area contributed by atoms with E-state index in [0.717, 1.165) is 62.2 Å². The highest BCUT2D eigenvalue weighted by molar-refractivity contribution is 7.98. The standard InChI is InChI=1S/C16H23N5OS2/c1-2-13(22-7-1)9-21-15(12-3-5-17-6-4-12)19-20-16(21)23-10-14-8-18-11-24-14/h8,11-13,17H,1-7,9-10H2/t13-/m1/s1. The van der Waals surface area contributed by atoms with E-state index in [1.165, 1.54) is 11.3 Å². The van der Waals surface area contributed by atoms with Gasteiger partial charge in [-0.25, -0.2) is 0 Å². The Kier molecular flexibility index (Phi) is 5.46. The fraction of sp³-hybridized carbons (Fsp3) is 0.688. The number of nitrogens with one attached hydrogen (secondary N) is 1. The van der Waals surface area contributed by atoms with Crippen LogP contribution in [-0.4, -0.2) is 45.5 Å². The van der Waals surface area contributed by atoms with E-state index in [9.17, 15) is 0 Å². The number of thiazole rings is 1. The third-order valence-corrected chi connectivity index (χ3v) is 6.66. The summed E-state index contributed by atoms with van der Waals surface area (Å²) in [7, 11) is 0. The maximum atomic E-state index is 5.87. The SMILES string of the molecule is c1ncc(CSc2nnc(C3CCNCC3)n2C[C@H]2CCCO2)s1. The largest absolute Gasteiger partial charge is 0.376 e. The first-order valence-corrected chi connectivity index (χ1v) is 10.5. The zero-order chi connectivity index (χ0) is 16.2. The van der Waals surface area contributed by atoms with Gasteiger partial charge in [0.2, 0.25) is 0 Å². The zero-order valence-electron chi connectivity index (χ0n) is 13.7. The van der Waals surface area contributed by atoms with Crippen LogP contribution in [0.1, 0.15) is 42.3 Å². The van der Waals surface area contributed by atoms with Crippen LogP contribution in [-0.2, 0) is 17.0 Å². The Hall–Kier alpha value is -0.960. The Morgan fingerprint density at radius 2 is 2.21 bits per heavy atom. The fourth-order valence-corrected chi connectivity index (χ4v) is 5.00. The Morgan fingerprint density at radius 1 is 1.29 bits per heavy atom. The molecule has 0 aromatic carbocycles. The van der Waals surface area contributed by atoms with Crippen LogP contribution in [0.3, 0.4) is 0 Å². The van der Waals surface area contributed by atoms with Gasteiger partial charge in [0.25, 0.3) is 0 Å². The third-order valence-electron chi connectivity index (χ3n) is 4.69. The number of aromatic nitrogens is 4. The van der Waals surface area contributed by atoms with Crippen LogP contribution in [0.5, 0.6) is 0 Å². The summed E-state index contributed by atoms with van der Waals surface area (Å²) >= 11 is 3.46. The summed E-state index contributed by atoms with van der Waals surface area (Å²) in [5.41, 5.74) is 1.88. The highest BCUT2D eigenvalue weighted by atomic mass is 32.2. The molecule has 1 atom stereocenters. The van der Waals surface area contributed by atoms with Crippen LogP contribution in [0.4, 0.5) is 0 Å². The third kappa shape index (κ3) is 3.82. The molecule has 2 aliphatic rings. The molecule has 2 aliphatic heterocycles. The minimum atomic E-state index is 0.309. The van der Waals surface area contributed by atoms with E-state index in [-0.39, 0.29) is 0 Å². The Morgan fingerprint density at radius 3 is 2.96 bits per heavy atom. The molecule has 0 spiro atoms. The molecule has 0 aliphatic carbocycles. The van der Waals surface area contributed by atoms with Crippen molar-refractivity contribution in [2.45, 2.75) is 55.2 Å². The first kappa shape index (κ1) is 16.5. The molecule has 0 saturated carbocycles. The molecule has 0 radical (unpaired) electrons. The van der Waals surface area contributed by atoms with Crippen LogP contribution in [0.2, 0.25) is 0 Å². The minimum absolute atomic E-state index is 0.309. The molecule has 6 nitrogen and oxygen atoms in total. The van der Waals surface area contributed by atoms with Gasteiger partial charge >= 0.3 is 0 Å². The van der Waals surface area contributed by atoms with Gasteiger partial charge in [-0.1, -0.05) is 11.8 Å². The average molecular weight is 366 g/mol. The number of piperidine rings is 1. The molecule has 0 amide bonds. The second kappa shape index (κ2) is 7.95. The second-order valence-electron chi connectivity index (χ2n) is 6.37. The molecule has 0 unspecified atom stereocenters. The lowest BCUT2D eigenvalue weighted by Crippen LogP contribution is -2.29. The van der Waals surface area contributed by atoms with Gasteiger partial charge in [0.1, 0.15) is 5.82 Å². The average Bonchev–Trinajstić information content (AvgIpc) is 3.37. The van der Waals surface area contributed by atoms with E-state index in [4.69, 9.17) is 4.74 Å². The Balaban J connectivity index is 1.53. The fourth-order valence-electron chi connectivity index (χ4n) is 3.40. The molecular formula is C16H23N5OS2. The molecule has 24 heavy (non-hydrogen) atoms. The van der Waals surface area contributed by atoms with Gasteiger partial charge in [0.15, 0.2) is 5.16 Å². The predicted octanol–water partition coefficient (Wildman–Crippen LogP) is 2.67. The summed E-state index contributed by atoms with van der Waals surface area (Å²) in [6.07, 6.45) is 6.84. The molecule has 1 N–H and O–H groups in total. The summed E-state index contributed by atoms with van der Waals surface area (Å²) in [6, 6.07) is 0. The molecule has 8 heteroatoms. The molecule has 4 rings (SSSR count). The summed E-state index contributed by atoms with van der Waals surface area (Å²) in [6.45, 7) is 3.91. The molecule has 2 aromatic heterocycles. The topological polar surface area (TPSA) is 64.9 Å². The molecule has 2 saturated heterocycles. The first-order chi connectivity index (χ1) is 11.9. The Labute approximate surface area is 150 Å². The highest BCUT2D eigenvalue weighted by Gasteiger charge is 2.26. The van der Waals surface area contributed by atoms with Crippen molar-refractivity contribution in [3.63, 3.8) is 0 Å². The van der Waals surface area contributed by atoms with Gasteiger partial charge in [0.05, 0.1) is 18.2 Å². The van der Waals surface area contributed by atoms with Crippen LogP contribution in [0, 0.1) is 0 Å². The monoisotopic (exact) mass is 365 g/mol. The van der Waals surface area contributed by atoms with Crippen LogP contribution >= 0.6 is 23.1 Å². The molecular weight excluding hydrogens is 342 g/mol. The van der Waals surface area contributed by atoms with Crippen molar-refractivity contribution >= 4 is 23.1 Å². The van der Waals surface area contributed by atoms with E-state index in [2.05, 4.69) is 25.1 Å². The Bertz CT molecular complexity index is 633. The summed E-state index contributed by atoms with van der Waals surface area (Å²) in [4.78, 5) is 5.43. The van der Waals surface area contributed by atoms with Crippen molar-refractivity contribution in [3.8, 4) is 0 Å². The number of hydrogen-bond acceptors (Lipinski definition) is 7. The summed E-state index contributed by atoms with van der Waals surface area (Å²) in [5, 5.41) is 13.6. The van der Waals surface area contributed by atoms with Crippen LogP contribution in [0.25, 0.3) is 0 Å². The van der Waals surface area contributed by atoms with Gasteiger partial charge in [-0.3, -0.25) is 4.98 Å². The van der Waals surface area contributed by atoms with Gasteiger partial charge < -0.3 is 14.6 Å². The number of hydrogen-bond donors (Lipinski definition) is 1. The van der Waals surface area contributed by atoms with Crippen molar-refractivity contribution in [3.05, 3.63) is 22.4 Å². The van der Waals surface area contributed by atoms with Crippen molar-refractivity contribution in [2.75, 3.05) is 19.7 Å². The number of rotatable bonds is 6. The van der Waals surface area contributed by atoms with Gasteiger partial charge in [-0.15, -0.1) is 21.5 Å². The van der Waals surface area contributed by atoms with Gasteiger partial charge in [-0.2, -0.15) is 0 Å². The predicted molar refractivity (Wildman–Crippen MR) is 95.5 cm³/mol. The quantitative estimate of drug-likeness (QED) is 0.794. The molecule has 2 aromatic rings. The van der Waals surface area contributed by atoms with E-state index in [1.54, 1.807) is 23.1 Å². The van der Waals surface area contributed by atoms with E-state index < -0.39 is 0 Å². The van der Waals surface area contributed by atoms with E-state index in [0.29, 0.717) is 12.0 Å². The maximum Gasteiger partial charge on any atom is 0.191 e. The van der Waals surface area contributed by atoms with Crippen LogP contribution in [0.15, 0.2) is 16.9 Å². The van der Waals surface area contributed by atoms with Crippen molar-refractivity contribution in [2.24, 2.45) is 0 Å². The maximum absolute atomic E-state index is 5.87. The van der Waals surface area contributed by atoms with Crippen LogP contribution < -0.4 is 5.32 Å². The van der Waals surface area contributed by atoms with Crippen molar-refractivity contribution < 1.29 is 4.74 Å². The van der Waals surface area contributed by atoms with E-state index >= 15 is 0 Å².